The number of hydrogen-bond acceptors (Lipinski definition) is 4. The molecule has 0 aliphatic carbocycles. The number of sulfonamides is 1. The Labute approximate surface area is 161 Å². The summed E-state index contributed by atoms with van der Waals surface area (Å²) in [5, 5.41) is 2.60. The molecule has 142 valence electrons. The molecule has 0 radical (unpaired) electrons. The average molecular weight is 397 g/mol. The molecule has 0 saturated carbocycles. The van der Waals surface area contributed by atoms with E-state index in [0.29, 0.717) is 11.4 Å². The zero-order valence-electron chi connectivity index (χ0n) is 15.0. The minimum Gasteiger partial charge on any atom is -1.00 e. The first-order valence-electron chi connectivity index (χ1n) is 8.11. The summed E-state index contributed by atoms with van der Waals surface area (Å²) in [7, 11) is -3.68. The summed E-state index contributed by atoms with van der Waals surface area (Å²) in [4.78, 5) is 13.3. The molecular formula is C18H23ClN3O3S-. The highest BCUT2D eigenvalue weighted by Crippen LogP contribution is 2.21. The van der Waals surface area contributed by atoms with E-state index in [1.54, 1.807) is 24.3 Å². The van der Waals surface area contributed by atoms with E-state index in [4.69, 9.17) is 0 Å². The summed E-state index contributed by atoms with van der Waals surface area (Å²) < 4.78 is 27.5. The summed E-state index contributed by atoms with van der Waals surface area (Å²) in [5.41, 5.74) is 2.10. The van der Waals surface area contributed by atoms with Crippen molar-refractivity contribution in [2.75, 3.05) is 28.0 Å². The molecule has 0 unspecified atom stereocenters. The van der Waals surface area contributed by atoms with Gasteiger partial charge in [-0.2, -0.15) is 0 Å². The molecule has 2 rings (SSSR count). The van der Waals surface area contributed by atoms with Gasteiger partial charge in [-0.1, -0.05) is 0 Å². The van der Waals surface area contributed by atoms with Gasteiger partial charge in [-0.15, -0.1) is 0 Å². The van der Waals surface area contributed by atoms with Crippen molar-refractivity contribution in [1.82, 2.24) is 0 Å². The normalized spacial score (nSPS) is 10.6. The van der Waals surface area contributed by atoms with Gasteiger partial charge in [0.15, 0.2) is 0 Å². The second-order valence-corrected chi connectivity index (χ2v) is 7.21. The zero-order valence-corrected chi connectivity index (χ0v) is 16.6. The van der Waals surface area contributed by atoms with Gasteiger partial charge in [-0.25, -0.2) is 8.42 Å². The minimum absolute atomic E-state index is 0. The Morgan fingerprint density at radius 3 is 1.88 bits per heavy atom. The lowest BCUT2D eigenvalue weighted by atomic mass is 10.2. The van der Waals surface area contributed by atoms with E-state index in [0.717, 1.165) is 18.8 Å². The van der Waals surface area contributed by atoms with Crippen molar-refractivity contribution in [3.63, 3.8) is 0 Å². The van der Waals surface area contributed by atoms with Crippen LogP contribution >= 0.6 is 0 Å². The lowest BCUT2D eigenvalue weighted by Gasteiger charge is -2.21. The third-order valence-corrected chi connectivity index (χ3v) is 5.13. The maximum atomic E-state index is 12.5. The fourth-order valence-corrected chi connectivity index (χ4v) is 3.52. The van der Waals surface area contributed by atoms with Crippen molar-refractivity contribution in [1.29, 1.82) is 0 Å². The summed E-state index contributed by atoms with van der Waals surface area (Å²) in [6.07, 6.45) is 0. The number of nitrogens with zero attached hydrogens (tertiary/aromatic N) is 1. The second-order valence-electron chi connectivity index (χ2n) is 5.53. The van der Waals surface area contributed by atoms with Crippen LogP contribution in [0.15, 0.2) is 53.4 Å². The molecule has 26 heavy (non-hydrogen) atoms. The standard InChI is InChI=1S/C18H23N3O3S.ClH/c1-4-21(5-2)17-10-6-16(7-11-17)20-25(23,24)18-12-8-15(9-13-18)19-14(3)22;/h6-13,20H,4-5H2,1-3H3,(H,19,22);1H/p-1. The van der Waals surface area contributed by atoms with Crippen LogP contribution in [-0.4, -0.2) is 27.4 Å². The Hall–Kier alpha value is -2.25. The largest absolute Gasteiger partial charge is 1.00 e. The topological polar surface area (TPSA) is 78.5 Å². The molecule has 8 heteroatoms. The van der Waals surface area contributed by atoms with E-state index in [9.17, 15) is 13.2 Å². The Bertz CT molecular complexity index is 818. The van der Waals surface area contributed by atoms with Gasteiger partial charge < -0.3 is 22.6 Å². The molecule has 0 aliphatic rings. The summed E-state index contributed by atoms with van der Waals surface area (Å²) in [5.74, 6) is -0.206. The van der Waals surface area contributed by atoms with Gasteiger partial charge in [0.1, 0.15) is 0 Å². The first-order valence-corrected chi connectivity index (χ1v) is 9.59. The predicted octanol–water partition coefficient (Wildman–Crippen LogP) is 0.296. The highest BCUT2D eigenvalue weighted by molar-refractivity contribution is 7.92. The Kier molecular flexibility index (Phi) is 7.92. The molecule has 0 saturated heterocycles. The van der Waals surface area contributed by atoms with E-state index < -0.39 is 10.0 Å². The highest BCUT2D eigenvalue weighted by Gasteiger charge is 2.14. The third kappa shape index (κ3) is 5.64. The van der Waals surface area contributed by atoms with E-state index in [2.05, 4.69) is 28.8 Å². The second kappa shape index (κ2) is 9.45. The van der Waals surface area contributed by atoms with Crippen LogP contribution in [0.25, 0.3) is 0 Å². The van der Waals surface area contributed by atoms with Crippen molar-refractivity contribution in [2.24, 2.45) is 0 Å². The molecule has 1 amide bonds. The summed E-state index contributed by atoms with van der Waals surface area (Å²) in [6, 6.07) is 13.3. The van der Waals surface area contributed by atoms with Crippen molar-refractivity contribution in [2.45, 2.75) is 25.7 Å². The van der Waals surface area contributed by atoms with Crippen LogP contribution in [0.1, 0.15) is 20.8 Å². The Morgan fingerprint density at radius 2 is 1.42 bits per heavy atom. The molecule has 0 atom stereocenters. The maximum absolute atomic E-state index is 12.5. The number of hydrogen-bond donors (Lipinski definition) is 2. The van der Waals surface area contributed by atoms with Crippen LogP contribution in [0, 0.1) is 0 Å². The molecule has 0 spiro atoms. The number of carbonyl (C=O) groups is 1. The molecular weight excluding hydrogens is 374 g/mol. The van der Waals surface area contributed by atoms with Crippen LogP contribution in [0.3, 0.4) is 0 Å². The lowest BCUT2D eigenvalue weighted by molar-refractivity contribution is -0.114. The van der Waals surface area contributed by atoms with E-state index in [1.165, 1.54) is 19.1 Å². The summed E-state index contributed by atoms with van der Waals surface area (Å²) >= 11 is 0. The highest BCUT2D eigenvalue weighted by atomic mass is 35.5. The van der Waals surface area contributed by atoms with Gasteiger partial charge in [0.2, 0.25) is 5.91 Å². The fourth-order valence-electron chi connectivity index (χ4n) is 2.46. The van der Waals surface area contributed by atoms with Gasteiger partial charge in [0.25, 0.3) is 10.0 Å². The molecule has 0 bridgehead atoms. The van der Waals surface area contributed by atoms with Crippen molar-refractivity contribution < 1.29 is 25.6 Å². The monoisotopic (exact) mass is 396 g/mol. The Balaban J connectivity index is 0.00000338. The van der Waals surface area contributed by atoms with E-state index in [1.807, 2.05) is 12.1 Å². The smallest absolute Gasteiger partial charge is 0.261 e. The number of nitrogens with one attached hydrogen (secondary N) is 2. The van der Waals surface area contributed by atoms with Gasteiger partial charge in [-0.3, -0.25) is 9.52 Å². The van der Waals surface area contributed by atoms with Gasteiger partial charge in [0, 0.05) is 37.1 Å². The number of anilines is 3. The average Bonchev–Trinajstić information content (AvgIpc) is 2.57. The maximum Gasteiger partial charge on any atom is 0.261 e. The molecule has 2 aromatic rings. The van der Waals surface area contributed by atoms with Crippen molar-refractivity contribution >= 4 is 33.0 Å². The van der Waals surface area contributed by atoms with E-state index in [-0.39, 0.29) is 23.2 Å². The van der Waals surface area contributed by atoms with Crippen LogP contribution in [0.5, 0.6) is 0 Å². The number of benzene rings is 2. The molecule has 2 aromatic carbocycles. The number of halogens is 1. The molecule has 6 nitrogen and oxygen atoms in total. The predicted molar refractivity (Wildman–Crippen MR) is 102 cm³/mol. The van der Waals surface area contributed by atoms with Gasteiger partial charge in [0.05, 0.1) is 4.90 Å². The van der Waals surface area contributed by atoms with E-state index >= 15 is 0 Å². The SMILES string of the molecule is CCN(CC)c1ccc(NS(=O)(=O)c2ccc(NC(C)=O)cc2)cc1.[Cl-]. The lowest BCUT2D eigenvalue weighted by Crippen LogP contribution is -3.00. The minimum atomic E-state index is -3.68. The molecule has 2 N–H and O–H groups in total. The van der Waals surface area contributed by atoms with Crippen LogP contribution < -0.4 is 27.3 Å². The van der Waals surface area contributed by atoms with Gasteiger partial charge >= 0.3 is 0 Å². The molecule has 0 fully saturated rings. The molecule has 0 aliphatic heterocycles. The molecule has 0 heterocycles. The van der Waals surface area contributed by atoms with Crippen LogP contribution in [0.4, 0.5) is 17.1 Å². The number of carbonyl (C=O) groups excluding carboxylic acids is 1. The van der Waals surface area contributed by atoms with Gasteiger partial charge in [-0.05, 0) is 62.4 Å². The first kappa shape index (κ1) is 21.8. The van der Waals surface area contributed by atoms with Crippen LogP contribution in [0.2, 0.25) is 0 Å². The number of amides is 1. The van der Waals surface area contributed by atoms with Crippen molar-refractivity contribution in [3.8, 4) is 0 Å². The van der Waals surface area contributed by atoms with Crippen molar-refractivity contribution in [3.05, 3.63) is 48.5 Å². The molecule has 0 aromatic heterocycles. The summed E-state index contributed by atoms with van der Waals surface area (Å²) in [6.45, 7) is 7.33. The zero-order chi connectivity index (χ0) is 18.4. The Morgan fingerprint density at radius 1 is 0.923 bits per heavy atom. The fraction of sp³-hybridized carbons (Fsp3) is 0.278. The number of rotatable bonds is 7. The third-order valence-electron chi connectivity index (χ3n) is 3.73. The quantitative estimate of drug-likeness (QED) is 0.705. The first-order chi connectivity index (χ1) is 11.9. The van der Waals surface area contributed by atoms with Crippen LogP contribution in [-0.2, 0) is 14.8 Å².